The van der Waals surface area contributed by atoms with Gasteiger partial charge in [-0.2, -0.15) is 0 Å². The smallest absolute Gasteiger partial charge is 0.260 e. The molecule has 1 aromatic heterocycles. The van der Waals surface area contributed by atoms with Crippen molar-refractivity contribution in [3.8, 4) is 5.75 Å². The van der Waals surface area contributed by atoms with Gasteiger partial charge >= 0.3 is 0 Å². The van der Waals surface area contributed by atoms with Gasteiger partial charge in [0.2, 0.25) is 0 Å². The molecule has 1 aliphatic heterocycles. The number of likely N-dealkylation sites (tertiary alicyclic amines) is 1. The van der Waals surface area contributed by atoms with E-state index in [9.17, 15) is 4.79 Å². The summed E-state index contributed by atoms with van der Waals surface area (Å²) >= 11 is 0. The van der Waals surface area contributed by atoms with E-state index in [0.29, 0.717) is 5.92 Å². The quantitative estimate of drug-likeness (QED) is 0.752. The van der Waals surface area contributed by atoms with Crippen molar-refractivity contribution in [3.05, 3.63) is 48.0 Å². The number of benzene rings is 1. The number of aryl methyl sites for hydroxylation is 1. The Kier molecular flexibility index (Phi) is 6.50. The minimum Gasteiger partial charge on any atom is -0.484 e. The minimum absolute atomic E-state index is 0.0610. The van der Waals surface area contributed by atoms with Gasteiger partial charge in [-0.3, -0.25) is 4.79 Å². The van der Waals surface area contributed by atoms with Gasteiger partial charge in [0.25, 0.3) is 5.91 Å². The number of ether oxygens (including phenoxy) is 1. The molecule has 146 valence electrons. The Morgan fingerprint density at radius 1 is 1.30 bits per heavy atom. The zero-order valence-corrected chi connectivity index (χ0v) is 16.6. The first-order chi connectivity index (χ1) is 13.0. The number of amides is 1. The maximum atomic E-state index is 12.5. The Morgan fingerprint density at radius 2 is 2.07 bits per heavy atom. The van der Waals surface area contributed by atoms with E-state index in [1.54, 1.807) is 0 Å². The van der Waals surface area contributed by atoms with Crippen molar-refractivity contribution in [2.45, 2.75) is 32.2 Å². The fourth-order valence-corrected chi connectivity index (χ4v) is 3.51. The predicted octanol–water partition coefficient (Wildman–Crippen LogP) is 2.54. The van der Waals surface area contributed by atoms with Crippen LogP contribution in [0, 0.1) is 6.92 Å². The van der Waals surface area contributed by atoms with Crippen molar-refractivity contribution in [1.82, 2.24) is 19.4 Å². The van der Waals surface area contributed by atoms with Crippen molar-refractivity contribution < 1.29 is 9.53 Å². The van der Waals surface area contributed by atoms with Crippen LogP contribution >= 0.6 is 0 Å². The number of aromatic nitrogens is 2. The Balaban J connectivity index is 1.48. The van der Waals surface area contributed by atoms with Gasteiger partial charge in [0.1, 0.15) is 11.6 Å². The van der Waals surface area contributed by atoms with Crippen LogP contribution in [-0.2, 0) is 11.3 Å². The minimum atomic E-state index is 0.0610. The summed E-state index contributed by atoms with van der Waals surface area (Å²) < 4.78 is 7.92. The average molecular weight is 370 g/mol. The highest BCUT2D eigenvalue weighted by Gasteiger charge is 2.26. The van der Waals surface area contributed by atoms with Crippen molar-refractivity contribution in [1.29, 1.82) is 0 Å². The number of carbonyl (C=O) groups is 1. The standard InChI is InChI=1S/C21H30N4O2/c1-17-5-4-6-19(15-17)27-16-20(26)24-10-7-18(8-11-24)21-22-9-12-25(21)14-13-23(2)3/h4-6,9,12,15,18H,7-8,10-11,13-14,16H2,1-3H3. The Morgan fingerprint density at radius 3 is 2.78 bits per heavy atom. The van der Waals surface area contributed by atoms with Gasteiger partial charge in [0.15, 0.2) is 6.61 Å². The number of carbonyl (C=O) groups excluding carboxylic acids is 1. The van der Waals surface area contributed by atoms with Gasteiger partial charge in [0.05, 0.1) is 0 Å². The van der Waals surface area contributed by atoms with E-state index >= 15 is 0 Å². The van der Waals surface area contributed by atoms with Crippen LogP contribution in [0.3, 0.4) is 0 Å². The van der Waals surface area contributed by atoms with E-state index in [4.69, 9.17) is 4.74 Å². The molecule has 27 heavy (non-hydrogen) atoms. The number of rotatable bonds is 7. The molecule has 0 radical (unpaired) electrons. The van der Waals surface area contributed by atoms with E-state index in [1.807, 2.05) is 42.3 Å². The molecule has 1 fully saturated rings. The van der Waals surface area contributed by atoms with Gasteiger partial charge < -0.3 is 19.1 Å². The first kappa shape index (κ1) is 19.4. The summed E-state index contributed by atoms with van der Waals surface area (Å²) in [5.74, 6) is 2.39. The molecule has 1 aromatic carbocycles. The SMILES string of the molecule is Cc1cccc(OCC(=O)N2CCC(c3nccn3CCN(C)C)CC2)c1. The van der Waals surface area contributed by atoms with E-state index in [1.165, 1.54) is 0 Å². The molecule has 2 heterocycles. The van der Waals surface area contributed by atoms with Crippen molar-refractivity contribution in [3.63, 3.8) is 0 Å². The molecule has 0 saturated carbocycles. The van der Waals surface area contributed by atoms with Crippen LogP contribution in [0.5, 0.6) is 5.75 Å². The lowest BCUT2D eigenvalue weighted by molar-refractivity contribution is -0.134. The zero-order valence-electron chi connectivity index (χ0n) is 16.6. The molecule has 1 saturated heterocycles. The molecule has 0 N–H and O–H groups in total. The monoisotopic (exact) mass is 370 g/mol. The van der Waals surface area contributed by atoms with Gasteiger partial charge in [-0.05, 0) is 51.6 Å². The second-order valence-corrected chi connectivity index (χ2v) is 7.54. The molecule has 1 aliphatic rings. The van der Waals surface area contributed by atoms with E-state index < -0.39 is 0 Å². The van der Waals surface area contributed by atoms with Crippen LogP contribution in [0.4, 0.5) is 0 Å². The molecule has 0 bridgehead atoms. The number of piperidine rings is 1. The molecular weight excluding hydrogens is 340 g/mol. The van der Waals surface area contributed by atoms with E-state index in [0.717, 1.165) is 56.2 Å². The highest BCUT2D eigenvalue weighted by atomic mass is 16.5. The number of hydrogen-bond donors (Lipinski definition) is 0. The summed E-state index contributed by atoms with van der Waals surface area (Å²) in [5, 5.41) is 0. The Labute approximate surface area is 161 Å². The summed E-state index contributed by atoms with van der Waals surface area (Å²) in [5.41, 5.74) is 1.13. The first-order valence-corrected chi connectivity index (χ1v) is 9.66. The molecular formula is C21H30N4O2. The molecule has 6 nitrogen and oxygen atoms in total. The van der Waals surface area contributed by atoms with Crippen LogP contribution in [0.15, 0.2) is 36.7 Å². The topological polar surface area (TPSA) is 50.6 Å². The summed E-state index contributed by atoms with van der Waals surface area (Å²) in [7, 11) is 4.17. The Bertz CT molecular complexity index is 748. The normalized spacial score (nSPS) is 15.3. The largest absolute Gasteiger partial charge is 0.484 e. The lowest BCUT2D eigenvalue weighted by Crippen LogP contribution is -2.41. The molecule has 2 aromatic rings. The second kappa shape index (κ2) is 9.04. The van der Waals surface area contributed by atoms with Crippen molar-refractivity contribution >= 4 is 5.91 Å². The average Bonchev–Trinajstić information content (AvgIpc) is 3.13. The summed E-state index contributed by atoms with van der Waals surface area (Å²) in [4.78, 5) is 21.2. The van der Waals surface area contributed by atoms with Crippen LogP contribution in [0.1, 0.15) is 30.1 Å². The van der Waals surface area contributed by atoms with Crippen LogP contribution < -0.4 is 4.74 Å². The highest BCUT2D eigenvalue weighted by Crippen LogP contribution is 2.27. The van der Waals surface area contributed by atoms with Gasteiger partial charge in [-0.1, -0.05) is 12.1 Å². The Hall–Kier alpha value is -2.34. The maximum absolute atomic E-state index is 12.5. The molecule has 0 atom stereocenters. The van der Waals surface area contributed by atoms with Crippen LogP contribution in [0.25, 0.3) is 0 Å². The van der Waals surface area contributed by atoms with Crippen molar-refractivity contribution in [2.24, 2.45) is 0 Å². The number of imidazole rings is 1. The summed E-state index contributed by atoms with van der Waals surface area (Å²) in [6.07, 6.45) is 5.86. The fourth-order valence-electron chi connectivity index (χ4n) is 3.51. The van der Waals surface area contributed by atoms with Gasteiger partial charge in [-0.25, -0.2) is 4.98 Å². The molecule has 1 amide bonds. The third-order valence-electron chi connectivity index (χ3n) is 5.10. The summed E-state index contributed by atoms with van der Waals surface area (Å²) in [6, 6.07) is 7.80. The van der Waals surface area contributed by atoms with E-state index in [2.05, 4.69) is 34.7 Å². The number of nitrogens with zero attached hydrogens (tertiary/aromatic N) is 4. The lowest BCUT2D eigenvalue weighted by Gasteiger charge is -2.32. The van der Waals surface area contributed by atoms with Gasteiger partial charge in [-0.15, -0.1) is 0 Å². The molecule has 0 spiro atoms. The molecule has 3 rings (SSSR count). The third kappa shape index (κ3) is 5.32. The maximum Gasteiger partial charge on any atom is 0.260 e. The predicted molar refractivity (Wildman–Crippen MR) is 106 cm³/mol. The molecule has 0 aliphatic carbocycles. The highest BCUT2D eigenvalue weighted by molar-refractivity contribution is 5.77. The second-order valence-electron chi connectivity index (χ2n) is 7.54. The molecule has 6 heteroatoms. The lowest BCUT2D eigenvalue weighted by atomic mass is 9.96. The van der Waals surface area contributed by atoms with E-state index in [-0.39, 0.29) is 12.5 Å². The fraction of sp³-hybridized carbons (Fsp3) is 0.524. The van der Waals surface area contributed by atoms with Crippen molar-refractivity contribution in [2.75, 3.05) is 40.3 Å². The number of hydrogen-bond acceptors (Lipinski definition) is 4. The van der Waals surface area contributed by atoms with Crippen LogP contribution in [-0.4, -0.2) is 65.6 Å². The first-order valence-electron chi connectivity index (χ1n) is 9.66. The zero-order chi connectivity index (χ0) is 19.2. The molecule has 0 unspecified atom stereocenters. The number of likely N-dealkylation sites (N-methyl/N-ethyl adjacent to an activating group) is 1. The summed E-state index contributed by atoms with van der Waals surface area (Å²) in [6.45, 7) is 5.60. The third-order valence-corrected chi connectivity index (χ3v) is 5.10. The van der Waals surface area contributed by atoms with Gasteiger partial charge in [0, 0.05) is 44.5 Å². The van der Waals surface area contributed by atoms with Crippen LogP contribution in [0.2, 0.25) is 0 Å².